The zero-order valence-electron chi connectivity index (χ0n) is 9.00. The van der Waals surface area contributed by atoms with Crippen molar-refractivity contribution < 1.29 is 4.79 Å². The van der Waals surface area contributed by atoms with Crippen molar-refractivity contribution >= 4 is 21.8 Å². The van der Waals surface area contributed by atoms with Crippen LogP contribution in [0.15, 0.2) is 18.2 Å². The largest absolute Gasteiger partial charge is 0.352 e. The molecule has 1 aliphatic carbocycles. The molecule has 1 atom stereocenters. The average Bonchev–Trinajstić information content (AvgIpc) is 3.12. The minimum Gasteiger partial charge on any atom is -0.352 e. The maximum Gasteiger partial charge on any atom is 0.251 e. The Morgan fingerprint density at radius 1 is 1.38 bits per heavy atom. The number of fused-ring (bicyclic) bond motifs is 1. The summed E-state index contributed by atoms with van der Waals surface area (Å²) in [7, 11) is 0. The molecule has 1 amide bonds. The average molecular weight is 280 g/mol. The molecule has 0 spiro atoms. The Hall–Kier alpha value is -0.830. The molecule has 2 nitrogen and oxygen atoms in total. The van der Waals surface area contributed by atoms with Gasteiger partial charge in [0.2, 0.25) is 0 Å². The van der Waals surface area contributed by atoms with E-state index in [1.165, 1.54) is 24.0 Å². The fraction of sp³-hybridized carbons (Fsp3) is 0.462. The molecule has 3 heteroatoms. The monoisotopic (exact) mass is 279 g/mol. The highest BCUT2D eigenvalue weighted by molar-refractivity contribution is 9.09. The first kappa shape index (κ1) is 10.3. The van der Waals surface area contributed by atoms with Gasteiger partial charge in [0.15, 0.2) is 0 Å². The van der Waals surface area contributed by atoms with Gasteiger partial charge >= 0.3 is 0 Å². The smallest absolute Gasteiger partial charge is 0.251 e. The minimum atomic E-state index is 0.0820. The molecule has 0 aromatic heterocycles. The molecule has 1 saturated carbocycles. The lowest BCUT2D eigenvalue weighted by Crippen LogP contribution is -2.31. The van der Waals surface area contributed by atoms with Crippen LogP contribution >= 0.6 is 15.9 Å². The highest BCUT2D eigenvalue weighted by atomic mass is 79.9. The lowest BCUT2D eigenvalue weighted by atomic mass is 9.96. The summed E-state index contributed by atoms with van der Waals surface area (Å²) in [6.45, 7) is 0.769. The number of carbonyl (C=O) groups is 1. The Labute approximate surface area is 104 Å². The van der Waals surface area contributed by atoms with Gasteiger partial charge in [0.25, 0.3) is 5.91 Å². The van der Waals surface area contributed by atoms with Crippen molar-refractivity contribution in [3.8, 4) is 0 Å². The first-order chi connectivity index (χ1) is 7.75. The van der Waals surface area contributed by atoms with Gasteiger partial charge in [0.1, 0.15) is 0 Å². The molecule has 1 unspecified atom stereocenters. The quantitative estimate of drug-likeness (QED) is 0.829. The summed E-state index contributed by atoms with van der Waals surface area (Å²) in [5, 5.41) is 2.89. The molecule has 0 saturated heterocycles. The number of alkyl halides is 1. The maximum atomic E-state index is 11.7. The Morgan fingerprint density at radius 3 is 2.94 bits per heavy atom. The van der Waals surface area contributed by atoms with Crippen molar-refractivity contribution in [2.24, 2.45) is 5.92 Å². The van der Waals surface area contributed by atoms with Crippen LogP contribution in [0.1, 0.15) is 39.2 Å². The third-order valence-corrected chi connectivity index (χ3v) is 4.69. The molecule has 1 N–H and O–H groups in total. The molecule has 84 valence electrons. The summed E-state index contributed by atoms with van der Waals surface area (Å²) < 4.78 is 0. The van der Waals surface area contributed by atoms with Crippen LogP contribution in [0.4, 0.5) is 0 Å². The van der Waals surface area contributed by atoms with Gasteiger partial charge in [-0.05, 0) is 42.4 Å². The van der Waals surface area contributed by atoms with E-state index >= 15 is 0 Å². The van der Waals surface area contributed by atoms with E-state index in [1.807, 2.05) is 0 Å². The molecule has 1 aromatic rings. The summed E-state index contributed by atoms with van der Waals surface area (Å²) in [6, 6.07) is 6.33. The van der Waals surface area contributed by atoms with Crippen LogP contribution < -0.4 is 5.32 Å². The molecule has 1 aromatic carbocycles. The fourth-order valence-electron chi connectivity index (χ4n) is 2.26. The number of hydrogen-bond acceptors (Lipinski definition) is 1. The van der Waals surface area contributed by atoms with Crippen LogP contribution in [0.25, 0.3) is 0 Å². The zero-order chi connectivity index (χ0) is 11.1. The number of rotatable bonds is 2. The maximum absolute atomic E-state index is 11.7. The number of hydrogen-bond donors (Lipinski definition) is 1. The number of nitrogens with one attached hydrogen (secondary N) is 1. The van der Waals surface area contributed by atoms with E-state index in [9.17, 15) is 4.79 Å². The second kappa shape index (κ2) is 3.88. The van der Waals surface area contributed by atoms with Gasteiger partial charge in [-0.25, -0.2) is 0 Å². The Morgan fingerprint density at radius 2 is 2.19 bits per heavy atom. The van der Waals surface area contributed by atoms with E-state index in [2.05, 4.69) is 39.4 Å². The van der Waals surface area contributed by atoms with Gasteiger partial charge in [-0.1, -0.05) is 28.1 Å². The second-order valence-corrected chi connectivity index (χ2v) is 5.65. The number of benzene rings is 1. The van der Waals surface area contributed by atoms with E-state index in [4.69, 9.17) is 0 Å². The Kier molecular flexibility index (Phi) is 2.51. The molecular weight excluding hydrogens is 266 g/mol. The summed E-state index contributed by atoms with van der Waals surface area (Å²) in [5.41, 5.74) is 3.30. The normalized spacial score (nSPS) is 21.2. The third kappa shape index (κ3) is 1.77. The van der Waals surface area contributed by atoms with Crippen LogP contribution in [0.2, 0.25) is 0 Å². The number of carbonyl (C=O) groups excluding carboxylic acids is 1. The van der Waals surface area contributed by atoms with Crippen molar-refractivity contribution in [2.75, 3.05) is 6.54 Å². The highest BCUT2D eigenvalue weighted by Gasteiger charge is 2.31. The summed E-state index contributed by atoms with van der Waals surface area (Å²) in [6.07, 6.45) is 3.57. The molecule has 0 bridgehead atoms. The lowest BCUT2D eigenvalue weighted by molar-refractivity contribution is 0.0946. The summed E-state index contributed by atoms with van der Waals surface area (Å²) in [4.78, 5) is 12.1. The van der Waals surface area contributed by atoms with Gasteiger partial charge in [0, 0.05) is 16.9 Å². The molecular formula is C13H14BrNO. The van der Waals surface area contributed by atoms with Gasteiger partial charge < -0.3 is 5.32 Å². The van der Waals surface area contributed by atoms with Crippen molar-refractivity contribution in [3.63, 3.8) is 0 Å². The second-order valence-electron chi connectivity index (χ2n) is 4.66. The fourth-order valence-corrected chi connectivity index (χ4v) is 3.08. The number of halogens is 1. The predicted molar refractivity (Wildman–Crippen MR) is 66.9 cm³/mol. The Balaban J connectivity index is 1.96. The molecule has 16 heavy (non-hydrogen) atoms. The van der Waals surface area contributed by atoms with Gasteiger partial charge in [0.05, 0.1) is 0 Å². The molecule has 3 rings (SSSR count). The van der Waals surface area contributed by atoms with E-state index in [0.717, 1.165) is 24.4 Å². The van der Waals surface area contributed by atoms with Crippen LogP contribution in [-0.2, 0) is 6.42 Å². The summed E-state index contributed by atoms with van der Waals surface area (Å²) in [5.74, 6) is 0.850. The van der Waals surface area contributed by atoms with Crippen LogP contribution in [0.5, 0.6) is 0 Å². The van der Waals surface area contributed by atoms with Crippen molar-refractivity contribution in [1.29, 1.82) is 0 Å². The van der Waals surface area contributed by atoms with Gasteiger partial charge in [-0.2, -0.15) is 0 Å². The van der Waals surface area contributed by atoms with Crippen molar-refractivity contribution in [1.82, 2.24) is 5.32 Å². The molecule has 1 fully saturated rings. The van der Waals surface area contributed by atoms with Crippen LogP contribution in [0.3, 0.4) is 0 Å². The molecule has 0 radical (unpaired) electrons. The topological polar surface area (TPSA) is 29.1 Å². The number of amides is 1. The first-order valence-corrected chi connectivity index (χ1v) is 6.72. The predicted octanol–water partition coefficient (Wildman–Crippen LogP) is 2.82. The van der Waals surface area contributed by atoms with E-state index in [1.54, 1.807) is 0 Å². The van der Waals surface area contributed by atoms with Crippen LogP contribution in [-0.4, -0.2) is 12.5 Å². The van der Waals surface area contributed by atoms with Crippen LogP contribution in [0, 0.1) is 5.92 Å². The zero-order valence-corrected chi connectivity index (χ0v) is 10.6. The minimum absolute atomic E-state index is 0.0820. The lowest BCUT2D eigenvalue weighted by Gasteiger charge is -2.18. The summed E-state index contributed by atoms with van der Waals surface area (Å²) >= 11 is 3.73. The first-order valence-electron chi connectivity index (χ1n) is 5.81. The molecule has 2 aliphatic rings. The highest BCUT2D eigenvalue weighted by Crippen LogP contribution is 2.46. The standard InChI is InChI=1S/C13H14BrNO/c14-12(9-2-3-9)10-4-1-8-5-6-15-13(16)11(8)7-10/h1,4,7,9,12H,2-3,5-6H2,(H,15,16). The van der Waals surface area contributed by atoms with Gasteiger partial charge in [-0.3, -0.25) is 4.79 Å². The SMILES string of the molecule is O=C1NCCc2ccc(C(Br)C3CC3)cc21. The third-order valence-electron chi connectivity index (χ3n) is 3.41. The van der Waals surface area contributed by atoms with Crippen molar-refractivity contribution in [2.45, 2.75) is 24.1 Å². The van der Waals surface area contributed by atoms with E-state index in [0.29, 0.717) is 4.83 Å². The van der Waals surface area contributed by atoms with Crippen molar-refractivity contribution in [3.05, 3.63) is 34.9 Å². The van der Waals surface area contributed by atoms with E-state index in [-0.39, 0.29) is 5.91 Å². The molecule has 1 aliphatic heterocycles. The molecule has 1 heterocycles. The van der Waals surface area contributed by atoms with Gasteiger partial charge in [-0.15, -0.1) is 0 Å². The Bertz CT molecular complexity index is 440. The van der Waals surface area contributed by atoms with E-state index < -0.39 is 0 Å².